The number of aliphatic carboxylic acids is 2. The smallest absolute Gasteiger partial charge is 0.414 e. The molecule has 0 saturated heterocycles. The first-order valence-electron chi connectivity index (χ1n) is 8.36. The van der Waals surface area contributed by atoms with Gasteiger partial charge in [0, 0.05) is 17.0 Å². The average molecular weight is 417 g/mol. The van der Waals surface area contributed by atoms with E-state index in [2.05, 4.69) is 10.2 Å². The number of nitrogens with zero attached hydrogens (tertiary/aromatic N) is 2. The molecule has 9 nitrogen and oxygen atoms in total. The number of benzene rings is 2. The minimum atomic E-state index is -1.82. The fraction of sp³-hybridized carbons (Fsp3) is 0.158. The van der Waals surface area contributed by atoms with Crippen molar-refractivity contribution in [2.45, 2.75) is 5.75 Å². The lowest BCUT2D eigenvalue weighted by atomic mass is 10.2. The Morgan fingerprint density at radius 3 is 2.28 bits per heavy atom. The molecule has 3 rings (SSSR count). The van der Waals surface area contributed by atoms with Crippen LogP contribution in [0.15, 0.2) is 59.0 Å². The number of thioether (sulfide) groups is 1. The van der Waals surface area contributed by atoms with Crippen molar-refractivity contribution in [1.82, 2.24) is 10.2 Å². The average Bonchev–Trinajstić information content (AvgIpc) is 3.18. The highest BCUT2D eigenvalue weighted by molar-refractivity contribution is 7.98. The lowest BCUT2D eigenvalue weighted by molar-refractivity contribution is -0.159. The zero-order valence-electron chi connectivity index (χ0n) is 15.2. The van der Waals surface area contributed by atoms with Gasteiger partial charge in [0.2, 0.25) is 11.8 Å². The third-order valence-electron chi connectivity index (χ3n) is 3.27. The van der Waals surface area contributed by atoms with Gasteiger partial charge in [-0.25, -0.2) is 9.59 Å². The zero-order chi connectivity index (χ0) is 21.1. The van der Waals surface area contributed by atoms with Crippen LogP contribution in [0.5, 0.6) is 5.75 Å². The van der Waals surface area contributed by atoms with Crippen molar-refractivity contribution >= 4 is 29.4 Å². The number of nitrogen functional groups attached to an aromatic ring is 1. The van der Waals surface area contributed by atoms with E-state index in [1.165, 1.54) is 0 Å². The van der Waals surface area contributed by atoms with Crippen molar-refractivity contribution < 1.29 is 29.0 Å². The van der Waals surface area contributed by atoms with Crippen molar-refractivity contribution in [3.63, 3.8) is 0 Å². The summed E-state index contributed by atoms with van der Waals surface area (Å²) in [6.45, 7) is 0.646. The number of rotatable bonds is 7. The maximum absolute atomic E-state index is 9.10. The van der Waals surface area contributed by atoms with Gasteiger partial charge in [-0.1, -0.05) is 18.2 Å². The molecule has 10 heteroatoms. The highest BCUT2D eigenvalue weighted by Gasteiger charge is 2.08. The standard InChI is InChI=1S/C17H17N3O2S.C2H2O4/c18-14-8-6-13(7-9-14)17-20-19-16(22-17)12-23-11-10-21-15-4-2-1-3-5-15;3-1(4)2(5)6/h1-9H,10-12,18H2;(H,3,4)(H,5,6). The van der Waals surface area contributed by atoms with Gasteiger partial charge in [-0.2, -0.15) is 0 Å². The van der Waals surface area contributed by atoms with Crippen molar-refractivity contribution in [3.05, 3.63) is 60.5 Å². The second-order valence-electron chi connectivity index (χ2n) is 5.45. The molecule has 0 aliphatic heterocycles. The highest BCUT2D eigenvalue weighted by Crippen LogP contribution is 2.21. The normalized spacial score (nSPS) is 9.93. The third-order valence-corrected chi connectivity index (χ3v) is 4.18. The number of carbonyl (C=O) groups is 2. The van der Waals surface area contributed by atoms with Gasteiger partial charge in [0.25, 0.3) is 0 Å². The van der Waals surface area contributed by atoms with E-state index in [1.54, 1.807) is 11.8 Å². The Morgan fingerprint density at radius 1 is 1.00 bits per heavy atom. The molecule has 29 heavy (non-hydrogen) atoms. The number of aromatic nitrogens is 2. The molecule has 0 saturated carbocycles. The Labute approximate surface area is 170 Å². The lowest BCUT2D eigenvalue weighted by Gasteiger charge is -2.04. The molecule has 1 heterocycles. The maximum Gasteiger partial charge on any atom is 0.414 e. The number of hydrogen-bond donors (Lipinski definition) is 3. The summed E-state index contributed by atoms with van der Waals surface area (Å²) in [5.41, 5.74) is 7.25. The van der Waals surface area contributed by atoms with E-state index in [1.807, 2.05) is 54.6 Å². The van der Waals surface area contributed by atoms with Crippen LogP contribution in [0.1, 0.15) is 5.89 Å². The molecule has 1 aromatic heterocycles. The largest absolute Gasteiger partial charge is 0.493 e. The van der Waals surface area contributed by atoms with Crippen molar-refractivity contribution in [2.75, 3.05) is 18.1 Å². The van der Waals surface area contributed by atoms with Gasteiger partial charge >= 0.3 is 11.9 Å². The minimum absolute atomic E-state index is 0.515. The number of ether oxygens (including phenoxy) is 1. The second-order valence-corrected chi connectivity index (χ2v) is 6.55. The summed E-state index contributed by atoms with van der Waals surface area (Å²) in [5.74, 6) is -0.113. The molecule has 0 bridgehead atoms. The van der Waals surface area contributed by atoms with Gasteiger partial charge < -0.3 is 25.1 Å². The Morgan fingerprint density at radius 2 is 1.66 bits per heavy atom. The van der Waals surface area contributed by atoms with Gasteiger partial charge in [-0.15, -0.1) is 22.0 Å². The highest BCUT2D eigenvalue weighted by atomic mass is 32.2. The molecule has 3 aromatic rings. The topological polar surface area (TPSA) is 149 Å². The fourth-order valence-electron chi connectivity index (χ4n) is 1.95. The fourth-order valence-corrected chi connectivity index (χ4v) is 2.59. The number of nitrogens with two attached hydrogens (primary N) is 1. The molecule has 4 N–H and O–H groups in total. The van der Waals surface area contributed by atoms with E-state index in [0.29, 0.717) is 29.8 Å². The molecule has 0 fully saturated rings. The van der Waals surface area contributed by atoms with Gasteiger partial charge in [-0.05, 0) is 36.4 Å². The number of carboxylic acids is 2. The van der Waals surface area contributed by atoms with Crippen LogP contribution in [-0.2, 0) is 15.3 Å². The summed E-state index contributed by atoms with van der Waals surface area (Å²) in [7, 11) is 0. The van der Waals surface area contributed by atoms with Gasteiger partial charge in [0.15, 0.2) is 0 Å². The third kappa shape index (κ3) is 7.93. The predicted molar refractivity (Wildman–Crippen MR) is 108 cm³/mol. The summed E-state index contributed by atoms with van der Waals surface area (Å²) in [6.07, 6.45) is 0. The van der Waals surface area contributed by atoms with Crippen LogP contribution in [0, 0.1) is 0 Å². The Balaban J connectivity index is 0.000000438. The van der Waals surface area contributed by atoms with E-state index >= 15 is 0 Å². The Bertz CT molecular complexity index is 903. The van der Waals surface area contributed by atoms with E-state index in [9.17, 15) is 0 Å². The molecule has 152 valence electrons. The van der Waals surface area contributed by atoms with E-state index in [4.69, 9.17) is 34.7 Å². The van der Waals surface area contributed by atoms with Crippen LogP contribution in [0.3, 0.4) is 0 Å². The summed E-state index contributed by atoms with van der Waals surface area (Å²) < 4.78 is 11.3. The van der Waals surface area contributed by atoms with E-state index in [-0.39, 0.29) is 0 Å². The SMILES string of the molecule is Nc1ccc(-c2nnc(CSCCOc3ccccc3)o2)cc1.O=C(O)C(=O)O. The van der Waals surface area contributed by atoms with Gasteiger partial charge in [0.05, 0.1) is 12.4 Å². The van der Waals surface area contributed by atoms with Crippen molar-refractivity contribution in [1.29, 1.82) is 0 Å². The van der Waals surface area contributed by atoms with Crippen molar-refractivity contribution in [2.24, 2.45) is 0 Å². The predicted octanol–water partition coefficient (Wildman–Crippen LogP) is 2.79. The quantitative estimate of drug-likeness (QED) is 0.297. The molecule has 0 atom stereocenters. The number of para-hydroxylation sites is 1. The minimum Gasteiger partial charge on any atom is -0.493 e. The van der Waals surface area contributed by atoms with Crippen LogP contribution < -0.4 is 10.5 Å². The number of carboxylic acid groups (broad SMARTS) is 2. The van der Waals surface area contributed by atoms with E-state index < -0.39 is 11.9 Å². The molecule has 2 aromatic carbocycles. The van der Waals surface area contributed by atoms with Crippen LogP contribution in [0.2, 0.25) is 0 Å². The van der Waals surface area contributed by atoms with Crippen LogP contribution in [0.4, 0.5) is 5.69 Å². The first kappa shape index (κ1) is 21.8. The molecule has 0 amide bonds. The van der Waals surface area contributed by atoms with Crippen molar-refractivity contribution in [3.8, 4) is 17.2 Å². The second kappa shape index (κ2) is 11.3. The monoisotopic (exact) mass is 417 g/mol. The summed E-state index contributed by atoms with van der Waals surface area (Å²) in [4.78, 5) is 18.2. The first-order chi connectivity index (χ1) is 14.0. The lowest BCUT2D eigenvalue weighted by Crippen LogP contribution is -2.09. The summed E-state index contributed by atoms with van der Waals surface area (Å²) in [6, 6.07) is 17.1. The van der Waals surface area contributed by atoms with E-state index in [0.717, 1.165) is 17.1 Å². The number of hydrogen-bond acceptors (Lipinski definition) is 8. The number of anilines is 1. The molecule has 0 radical (unpaired) electrons. The molecular weight excluding hydrogens is 398 g/mol. The summed E-state index contributed by atoms with van der Waals surface area (Å²) in [5, 5.41) is 22.9. The first-order valence-corrected chi connectivity index (χ1v) is 9.51. The molecule has 0 spiro atoms. The maximum atomic E-state index is 9.10. The van der Waals surface area contributed by atoms with Gasteiger partial charge in [0.1, 0.15) is 5.75 Å². The molecular formula is C19H19N3O6S. The van der Waals surface area contributed by atoms with Crippen LogP contribution >= 0.6 is 11.8 Å². The molecule has 0 unspecified atom stereocenters. The Kier molecular flexibility index (Phi) is 8.51. The Hall–Kier alpha value is -3.53. The summed E-state index contributed by atoms with van der Waals surface area (Å²) >= 11 is 1.70. The van der Waals surface area contributed by atoms with Crippen LogP contribution in [0.25, 0.3) is 11.5 Å². The zero-order valence-corrected chi connectivity index (χ0v) is 16.0. The van der Waals surface area contributed by atoms with Crippen LogP contribution in [-0.4, -0.2) is 44.7 Å². The molecule has 0 aliphatic rings. The molecule has 0 aliphatic carbocycles. The van der Waals surface area contributed by atoms with Gasteiger partial charge in [-0.3, -0.25) is 0 Å².